The van der Waals surface area contributed by atoms with Gasteiger partial charge in [0.2, 0.25) is 0 Å². The van der Waals surface area contributed by atoms with Crippen LogP contribution in [0.4, 0.5) is 5.69 Å². The Labute approximate surface area is 324 Å². The van der Waals surface area contributed by atoms with Crippen LogP contribution in [0.5, 0.6) is 0 Å². The van der Waals surface area contributed by atoms with Crippen LogP contribution < -0.4 is 14.0 Å². The second-order valence-corrected chi connectivity index (χ2v) is 16.6. The number of aromatic nitrogens is 2. The first-order chi connectivity index (χ1) is 25.3. The van der Waals surface area contributed by atoms with Crippen molar-refractivity contribution >= 4 is 45.5 Å². The van der Waals surface area contributed by atoms with Crippen molar-refractivity contribution in [3.05, 3.63) is 120 Å². The van der Waals surface area contributed by atoms with Crippen molar-refractivity contribution in [1.29, 1.82) is 0 Å². The van der Waals surface area contributed by atoms with Gasteiger partial charge >= 0.3 is 0 Å². The molecule has 0 aliphatic heterocycles. The lowest BCUT2D eigenvalue weighted by Gasteiger charge is -2.26. The van der Waals surface area contributed by atoms with E-state index in [4.69, 9.17) is 0 Å². The zero-order valence-electron chi connectivity index (χ0n) is 32.8. The predicted octanol–water partition coefficient (Wildman–Crippen LogP) is 8.18. The molecule has 1 aromatic carbocycles. The molecule has 2 heterocycles. The summed E-state index contributed by atoms with van der Waals surface area (Å²) in [4.78, 5) is 9.79. The van der Waals surface area contributed by atoms with E-state index in [-0.39, 0.29) is 0 Å². The van der Waals surface area contributed by atoms with Crippen LogP contribution in [0, 0.1) is 0 Å². The molecule has 280 valence electrons. The van der Waals surface area contributed by atoms with E-state index in [0.29, 0.717) is 0 Å². The van der Waals surface area contributed by atoms with Gasteiger partial charge < -0.3 is 19.6 Å². The number of hydrogen-bond acceptors (Lipinski definition) is 6. The lowest BCUT2D eigenvalue weighted by molar-refractivity contribution is -0.693. The molecule has 1 aliphatic carbocycles. The van der Waals surface area contributed by atoms with Crippen molar-refractivity contribution in [3.8, 4) is 0 Å². The molecule has 0 radical (unpaired) electrons. The van der Waals surface area contributed by atoms with Gasteiger partial charge in [0.05, 0.1) is 0 Å². The zero-order valence-corrected chi connectivity index (χ0v) is 34.4. The Balaban J connectivity index is 0.995. The van der Waals surface area contributed by atoms with E-state index in [9.17, 15) is 0 Å². The van der Waals surface area contributed by atoms with Crippen LogP contribution in [0.25, 0.3) is 18.2 Å². The van der Waals surface area contributed by atoms with E-state index in [1.807, 2.05) is 21.6 Å². The Morgan fingerprint density at radius 3 is 1.50 bits per heavy atom. The molecule has 2 aromatic heterocycles. The fourth-order valence-electron chi connectivity index (χ4n) is 6.07. The average molecular weight is 741 g/mol. The highest BCUT2D eigenvalue weighted by Gasteiger charge is 2.10. The van der Waals surface area contributed by atoms with Crippen molar-refractivity contribution in [2.45, 2.75) is 52.6 Å². The van der Waals surface area contributed by atoms with Gasteiger partial charge in [-0.05, 0) is 107 Å². The largest absolute Gasteiger partial charge is 0.378 e. The molecular weight excluding hydrogens is 677 g/mol. The normalized spacial score (nSPS) is 13.4. The summed E-state index contributed by atoms with van der Waals surface area (Å²) in [7, 11) is 13.0. The van der Waals surface area contributed by atoms with E-state index in [1.165, 1.54) is 58.0 Å². The van der Waals surface area contributed by atoms with Gasteiger partial charge in [0.15, 0.2) is 24.8 Å². The topological polar surface area (TPSA) is 20.7 Å². The molecule has 0 fully saturated rings. The number of aryl methyl sites for hydroxylation is 2. The second kappa shape index (κ2) is 23.4. The van der Waals surface area contributed by atoms with E-state index in [1.54, 1.807) is 0 Å². The van der Waals surface area contributed by atoms with Crippen LogP contribution in [-0.4, -0.2) is 93.7 Å². The van der Waals surface area contributed by atoms with Crippen molar-refractivity contribution in [3.63, 3.8) is 0 Å². The first kappa shape index (κ1) is 41.5. The summed E-state index contributed by atoms with van der Waals surface area (Å²) in [6.07, 6.45) is 26.6. The van der Waals surface area contributed by atoms with Crippen molar-refractivity contribution in [2.24, 2.45) is 0 Å². The minimum atomic E-state index is 0.999. The minimum absolute atomic E-state index is 0.999. The maximum absolute atomic E-state index is 2.49. The first-order valence-corrected chi connectivity index (χ1v) is 21.7. The van der Waals surface area contributed by atoms with E-state index in [2.05, 4.69) is 181 Å². The second-order valence-electron chi connectivity index (χ2n) is 13.9. The molecular formula is C44H64N6S2+2. The number of rotatable bonds is 23. The number of pyridine rings is 2. The third kappa shape index (κ3) is 15.4. The highest BCUT2D eigenvalue weighted by molar-refractivity contribution is 8.76. The van der Waals surface area contributed by atoms with E-state index < -0.39 is 0 Å². The maximum atomic E-state index is 2.49. The molecule has 0 saturated carbocycles. The van der Waals surface area contributed by atoms with Crippen LogP contribution in [0.1, 0.15) is 56.2 Å². The summed E-state index contributed by atoms with van der Waals surface area (Å²) in [5.41, 5.74) is 7.85. The number of benzene rings is 1. The summed E-state index contributed by atoms with van der Waals surface area (Å²) in [6.45, 7) is 13.1. The molecule has 0 amide bonds. The van der Waals surface area contributed by atoms with Gasteiger partial charge in [-0.2, -0.15) is 0 Å². The van der Waals surface area contributed by atoms with Crippen LogP contribution in [0.15, 0.2) is 103 Å². The van der Waals surface area contributed by atoms with Gasteiger partial charge in [-0.25, -0.2) is 9.13 Å². The smallest absolute Gasteiger partial charge is 0.169 e. The lowest BCUT2D eigenvalue weighted by Crippen LogP contribution is -2.30. The van der Waals surface area contributed by atoms with Gasteiger partial charge in [0.1, 0.15) is 13.1 Å². The van der Waals surface area contributed by atoms with Crippen LogP contribution in [0.3, 0.4) is 0 Å². The quantitative estimate of drug-likeness (QED) is 0.0552. The number of hydrogen-bond donors (Lipinski definition) is 0. The molecule has 1 aliphatic rings. The third-order valence-corrected chi connectivity index (χ3v) is 12.1. The van der Waals surface area contributed by atoms with Crippen LogP contribution >= 0.6 is 21.6 Å². The molecule has 52 heavy (non-hydrogen) atoms. The molecule has 0 saturated heterocycles. The third-order valence-electron chi connectivity index (χ3n) is 9.77. The number of nitrogens with zero attached hydrogens (tertiary/aromatic N) is 6. The SMILES string of the molecule is CC[n+]1ccc(/C=C/C2=CC=C(N(C)CCCN(C)CCSSCCN(C)CCCN(C)c3ccc(/C=C/c4cc[n+](CC)cc4)cc3)CC2)cc1. The van der Waals surface area contributed by atoms with Gasteiger partial charge in [0.25, 0.3) is 0 Å². The lowest BCUT2D eigenvalue weighted by atomic mass is 10.0. The fraction of sp³-hybridized carbons (Fsp3) is 0.455. The van der Waals surface area contributed by atoms with Gasteiger partial charge in [-0.3, -0.25) is 0 Å². The molecule has 0 atom stereocenters. The highest BCUT2D eigenvalue weighted by Crippen LogP contribution is 2.23. The van der Waals surface area contributed by atoms with Crippen molar-refractivity contribution < 1.29 is 9.13 Å². The van der Waals surface area contributed by atoms with Crippen molar-refractivity contribution in [2.75, 3.05) is 83.9 Å². The Hall–Kier alpha value is -3.30. The molecule has 0 unspecified atom stereocenters. The van der Waals surface area contributed by atoms with Crippen LogP contribution in [-0.2, 0) is 13.1 Å². The predicted molar refractivity (Wildman–Crippen MR) is 229 cm³/mol. The summed E-state index contributed by atoms with van der Waals surface area (Å²) in [6, 6.07) is 17.6. The fourth-order valence-corrected chi connectivity index (χ4v) is 8.23. The van der Waals surface area contributed by atoms with Crippen molar-refractivity contribution in [1.82, 2.24) is 14.7 Å². The monoisotopic (exact) mass is 740 g/mol. The maximum Gasteiger partial charge on any atom is 0.169 e. The summed E-state index contributed by atoms with van der Waals surface area (Å²) >= 11 is 0. The molecule has 0 bridgehead atoms. The Morgan fingerprint density at radius 2 is 1.02 bits per heavy atom. The van der Waals surface area contributed by atoms with E-state index in [0.717, 1.165) is 65.2 Å². The Morgan fingerprint density at radius 1 is 0.538 bits per heavy atom. The molecule has 6 nitrogen and oxygen atoms in total. The molecule has 8 heteroatoms. The zero-order chi connectivity index (χ0) is 37.0. The molecule has 3 aromatic rings. The summed E-state index contributed by atoms with van der Waals surface area (Å²) in [5.74, 6) is 2.35. The molecule has 4 rings (SSSR count). The van der Waals surface area contributed by atoms with Crippen LogP contribution in [0.2, 0.25) is 0 Å². The summed E-state index contributed by atoms with van der Waals surface area (Å²) in [5, 5.41) is 0. The minimum Gasteiger partial charge on any atom is -0.378 e. The number of allylic oxidation sites excluding steroid dienone is 5. The van der Waals surface area contributed by atoms with Gasteiger partial charge in [-0.1, -0.05) is 64.1 Å². The highest BCUT2D eigenvalue weighted by atomic mass is 33.1. The average Bonchev–Trinajstić information content (AvgIpc) is 3.18. The molecule has 0 spiro atoms. The Kier molecular flexibility index (Phi) is 18.6. The number of anilines is 1. The van der Waals surface area contributed by atoms with Gasteiger partial charge in [0, 0.05) is 87.4 Å². The molecule has 0 N–H and O–H groups in total. The van der Waals surface area contributed by atoms with Gasteiger partial charge in [-0.15, -0.1) is 0 Å². The Bertz CT molecular complexity index is 1560. The van der Waals surface area contributed by atoms with E-state index >= 15 is 0 Å². The summed E-state index contributed by atoms with van der Waals surface area (Å²) < 4.78 is 4.37. The first-order valence-electron chi connectivity index (χ1n) is 19.2. The standard InChI is InChI=1S/C44H64N6S2/c1-7-49-31-23-41(24-32-49)13-11-39-15-19-43(20-16-39)47(5)29-9-27-45(3)35-37-51-52-38-36-46(4)28-10-30-48(6)44-21-17-40(18-22-44)12-14-42-25-33-50(8-2)34-26-42/h11-17,19-21,23-26,31-34H,7-10,18,22,27-30,35-38H2,1-6H3/q+2.